The second-order valence-electron chi connectivity index (χ2n) is 3.88. The highest BCUT2D eigenvalue weighted by Gasteiger charge is 2.12. The number of aryl methyl sites for hydroxylation is 1. The third-order valence-electron chi connectivity index (χ3n) is 2.64. The molecule has 0 saturated carbocycles. The fourth-order valence-corrected chi connectivity index (χ4v) is 2.72. The molecule has 0 radical (unpaired) electrons. The van der Waals surface area contributed by atoms with Crippen LogP contribution in [0.5, 0.6) is 0 Å². The van der Waals surface area contributed by atoms with E-state index in [0.717, 1.165) is 23.0 Å². The lowest BCUT2D eigenvalue weighted by Crippen LogP contribution is -2.01. The third-order valence-corrected chi connectivity index (χ3v) is 3.24. The van der Waals surface area contributed by atoms with Crippen LogP contribution in [0.1, 0.15) is 19.0 Å². The normalized spacial score (nSPS) is 10.7. The van der Waals surface area contributed by atoms with E-state index in [4.69, 9.17) is 0 Å². The number of rotatable bonds is 3. The van der Waals surface area contributed by atoms with Gasteiger partial charge < -0.3 is 4.57 Å². The maximum atomic E-state index is 4.18. The van der Waals surface area contributed by atoms with Crippen molar-refractivity contribution in [3.63, 3.8) is 0 Å². The van der Waals surface area contributed by atoms with Gasteiger partial charge in [0.05, 0.1) is 5.69 Å². The maximum Gasteiger partial charge on any atom is 0.0642 e. The molecule has 0 atom stereocenters. The van der Waals surface area contributed by atoms with Gasteiger partial charge in [-0.15, -0.1) is 0 Å². The summed E-state index contributed by atoms with van der Waals surface area (Å²) in [7, 11) is 0. The van der Waals surface area contributed by atoms with E-state index in [-0.39, 0.29) is 0 Å². The zero-order valence-corrected chi connectivity index (χ0v) is 11.2. The molecular weight excluding hydrogens is 264 g/mol. The molecule has 0 aliphatic rings. The van der Waals surface area contributed by atoms with Crippen molar-refractivity contribution in [1.82, 2.24) is 9.55 Å². The van der Waals surface area contributed by atoms with Crippen molar-refractivity contribution in [2.45, 2.75) is 26.8 Å². The molecule has 0 fully saturated rings. The van der Waals surface area contributed by atoms with Crippen molar-refractivity contribution < 1.29 is 0 Å². The van der Waals surface area contributed by atoms with Crippen molar-refractivity contribution in [2.75, 3.05) is 0 Å². The Hall–Kier alpha value is -1.09. The van der Waals surface area contributed by atoms with Crippen LogP contribution < -0.4 is 0 Å². The summed E-state index contributed by atoms with van der Waals surface area (Å²) in [5, 5.41) is 0. The van der Waals surface area contributed by atoms with Crippen molar-refractivity contribution in [3.8, 4) is 11.3 Å². The molecule has 0 spiro atoms. The Bertz CT molecular complexity index is 474. The highest BCUT2D eigenvalue weighted by atomic mass is 79.9. The molecule has 2 aromatic rings. The van der Waals surface area contributed by atoms with Gasteiger partial charge in [-0.3, -0.25) is 4.98 Å². The summed E-state index contributed by atoms with van der Waals surface area (Å²) < 4.78 is 3.48. The Labute approximate surface area is 104 Å². The lowest BCUT2D eigenvalue weighted by atomic mass is 10.2. The summed E-state index contributed by atoms with van der Waals surface area (Å²) >= 11 is 3.63. The fraction of sp³-hybridized carbons (Fsp3) is 0.308. The van der Waals surface area contributed by atoms with Crippen LogP contribution in [0.15, 0.2) is 35.1 Å². The Balaban J connectivity index is 2.55. The minimum absolute atomic E-state index is 1.04. The summed E-state index contributed by atoms with van der Waals surface area (Å²) in [6.45, 7) is 5.38. The van der Waals surface area contributed by atoms with Gasteiger partial charge in [-0.05, 0) is 47.5 Å². The van der Waals surface area contributed by atoms with Gasteiger partial charge in [0, 0.05) is 34.7 Å². The summed E-state index contributed by atoms with van der Waals surface area (Å²) in [5.74, 6) is 0. The van der Waals surface area contributed by atoms with Crippen LogP contribution >= 0.6 is 15.9 Å². The smallest absolute Gasteiger partial charge is 0.0642 e. The van der Waals surface area contributed by atoms with E-state index in [0.29, 0.717) is 0 Å². The maximum absolute atomic E-state index is 4.18. The van der Waals surface area contributed by atoms with E-state index in [1.54, 1.807) is 6.20 Å². The molecule has 3 heteroatoms. The summed E-state index contributed by atoms with van der Waals surface area (Å²) in [6, 6.07) is 6.23. The summed E-state index contributed by atoms with van der Waals surface area (Å²) in [5.41, 5.74) is 3.68. The van der Waals surface area contributed by atoms with Crippen LogP contribution in [-0.2, 0) is 6.54 Å². The van der Waals surface area contributed by atoms with E-state index in [1.165, 1.54) is 11.4 Å². The molecule has 0 amide bonds. The van der Waals surface area contributed by atoms with E-state index < -0.39 is 0 Å². The molecule has 0 saturated heterocycles. The van der Waals surface area contributed by atoms with E-state index in [1.807, 2.05) is 12.3 Å². The highest BCUT2D eigenvalue weighted by Crippen LogP contribution is 2.31. The van der Waals surface area contributed by atoms with Crippen LogP contribution in [0.2, 0.25) is 0 Å². The van der Waals surface area contributed by atoms with Gasteiger partial charge >= 0.3 is 0 Å². The molecule has 0 aliphatic heterocycles. The second-order valence-corrected chi connectivity index (χ2v) is 4.73. The molecule has 0 bridgehead atoms. The third kappa shape index (κ3) is 2.05. The molecule has 0 N–H and O–H groups in total. The predicted octanol–water partition coefficient (Wildman–Crippen LogP) is 4.03. The predicted molar refractivity (Wildman–Crippen MR) is 70.4 cm³/mol. The Morgan fingerprint density at radius 2 is 2.25 bits per heavy atom. The Morgan fingerprint density at radius 3 is 2.88 bits per heavy atom. The van der Waals surface area contributed by atoms with Crippen LogP contribution in [0.25, 0.3) is 11.3 Å². The van der Waals surface area contributed by atoms with Gasteiger partial charge in [-0.2, -0.15) is 0 Å². The summed E-state index contributed by atoms with van der Waals surface area (Å²) in [6.07, 6.45) is 4.85. The second kappa shape index (κ2) is 4.83. The first kappa shape index (κ1) is 11.4. The molecular formula is C13H15BrN2. The molecule has 2 aromatic heterocycles. The molecule has 2 nitrogen and oxygen atoms in total. The molecule has 0 aromatic carbocycles. The molecule has 2 heterocycles. The van der Waals surface area contributed by atoms with Gasteiger partial charge in [-0.25, -0.2) is 0 Å². The van der Waals surface area contributed by atoms with Crippen LogP contribution in [-0.4, -0.2) is 9.55 Å². The van der Waals surface area contributed by atoms with Gasteiger partial charge in [-0.1, -0.05) is 6.92 Å². The van der Waals surface area contributed by atoms with E-state index >= 15 is 0 Å². The van der Waals surface area contributed by atoms with Gasteiger partial charge in [0.2, 0.25) is 0 Å². The average molecular weight is 279 g/mol. The SMILES string of the molecule is CCCn1c(C)cc(Br)c1-c1cccnc1. The molecule has 0 unspecified atom stereocenters. The van der Waals surface area contributed by atoms with Crippen molar-refractivity contribution >= 4 is 15.9 Å². The first-order valence-corrected chi connectivity index (χ1v) is 6.29. The number of hydrogen-bond donors (Lipinski definition) is 0. The van der Waals surface area contributed by atoms with Gasteiger partial charge in [0.1, 0.15) is 0 Å². The molecule has 0 aliphatic carbocycles. The minimum Gasteiger partial charge on any atom is -0.344 e. The number of nitrogens with zero attached hydrogens (tertiary/aromatic N) is 2. The fourth-order valence-electron chi connectivity index (χ4n) is 1.94. The zero-order valence-electron chi connectivity index (χ0n) is 9.57. The standard InChI is InChI=1S/C13H15BrN2/c1-3-7-16-10(2)8-12(14)13(16)11-5-4-6-15-9-11/h4-6,8-9H,3,7H2,1-2H3. The largest absolute Gasteiger partial charge is 0.344 e. The van der Waals surface area contributed by atoms with E-state index in [2.05, 4.69) is 51.5 Å². The van der Waals surface area contributed by atoms with E-state index in [9.17, 15) is 0 Å². The Morgan fingerprint density at radius 1 is 1.44 bits per heavy atom. The monoisotopic (exact) mass is 278 g/mol. The molecule has 84 valence electrons. The lowest BCUT2D eigenvalue weighted by Gasteiger charge is -2.10. The first-order chi connectivity index (χ1) is 7.74. The van der Waals surface area contributed by atoms with Crippen molar-refractivity contribution in [3.05, 3.63) is 40.8 Å². The van der Waals surface area contributed by atoms with Crippen LogP contribution in [0.4, 0.5) is 0 Å². The number of aromatic nitrogens is 2. The number of hydrogen-bond acceptors (Lipinski definition) is 1. The quantitative estimate of drug-likeness (QED) is 0.829. The minimum atomic E-state index is 1.04. The van der Waals surface area contributed by atoms with Gasteiger partial charge in [0.15, 0.2) is 0 Å². The molecule has 2 rings (SSSR count). The first-order valence-electron chi connectivity index (χ1n) is 5.50. The van der Waals surface area contributed by atoms with Crippen molar-refractivity contribution in [1.29, 1.82) is 0 Å². The summed E-state index contributed by atoms with van der Waals surface area (Å²) in [4.78, 5) is 4.18. The van der Waals surface area contributed by atoms with Gasteiger partial charge in [0.25, 0.3) is 0 Å². The van der Waals surface area contributed by atoms with Crippen LogP contribution in [0.3, 0.4) is 0 Å². The topological polar surface area (TPSA) is 17.8 Å². The van der Waals surface area contributed by atoms with Crippen LogP contribution in [0, 0.1) is 6.92 Å². The zero-order chi connectivity index (χ0) is 11.5. The average Bonchev–Trinajstić information content (AvgIpc) is 2.56. The number of halogens is 1. The molecule has 16 heavy (non-hydrogen) atoms. The Kier molecular flexibility index (Phi) is 3.44. The highest BCUT2D eigenvalue weighted by molar-refractivity contribution is 9.10. The van der Waals surface area contributed by atoms with Crippen molar-refractivity contribution in [2.24, 2.45) is 0 Å². The number of pyridine rings is 1. The lowest BCUT2D eigenvalue weighted by molar-refractivity contribution is 0.671.